The highest BCUT2D eigenvalue weighted by atomic mass is 19.4. The first-order valence-corrected chi connectivity index (χ1v) is 10.6. The van der Waals surface area contributed by atoms with Gasteiger partial charge >= 0.3 is 6.18 Å². The number of rotatable bonds is 5. The van der Waals surface area contributed by atoms with E-state index in [1.807, 2.05) is 31.2 Å². The molecule has 1 atom stereocenters. The van der Waals surface area contributed by atoms with Gasteiger partial charge in [-0.25, -0.2) is 0 Å². The standard InChI is InChI=1S/C24H26F3NO3/c1-2-31-23(15-30-16-23)20-9-7-18(8-10-20)22(29)28-13-3-4-19(14-28)17-5-11-21(12-6-17)24(25,26)27/h5-12,19H,2-4,13-16H2,1H3/t19-/m1/s1. The summed E-state index contributed by atoms with van der Waals surface area (Å²) in [5, 5.41) is 0. The molecule has 166 valence electrons. The Kier molecular flexibility index (Phi) is 6.08. The SMILES string of the molecule is CCOC1(c2ccc(C(=O)N3CCC[C@@H](c4ccc(C(F)(F)F)cc4)C3)cc2)COC1. The number of carbonyl (C=O) groups is 1. The number of halogens is 3. The summed E-state index contributed by atoms with van der Waals surface area (Å²) in [6, 6.07) is 12.8. The third kappa shape index (κ3) is 4.48. The van der Waals surface area contributed by atoms with Crippen LogP contribution in [0.5, 0.6) is 0 Å². The van der Waals surface area contributed by atoms with E-state index in [0.29, 0.717) is 38.5 Å². The van der Waals surface area contributed by atoms with Gasteiger partial charge in [0.1, 0.15) is 5.60 Å². The first-order chi connectivity index (χ1) is 14.8. The minimum Gasteiger partial charge on any atom is -0.375 e. The van der Waals surface area contributed by atoms with Gasteiger partial charge in [0.25, 0.3) is 5.91 Å². The quantitative estimate of drug-likeness (QED) is 0.667. The molecule has 31 heavy (non-hydrogen) atoms. The van der Waals surface area contributed by atoms with Crippen LogP contribution in [0.4, 0.5) is 13.2 Å². The lowest BCUT2D eigenvalue weighted by Gasteiger charge is -2.41. The van der Waals surface area contributed by atoms with Crippen molar-refractivity contribution < 1.29 is 27.4 Å². The summed E-state index contributed by atoms with van der Waals surface area (Å²) >= 11 is 0. The van der Waals surface area contributed by atoms with Gasteiger partial charge < -0.3 is 14.4 Å². The zero-order valence-corrected chi connectivity index (χ0v) is 17.5. The van der Waals surface area contributed by atoms with Crippen LogP contribution in [0.25, 0.3) is 0 Å². The summed E-state index contributed by atoms with van der Waals surface area (Å²) in [5.41, 5.74) is 1.36. The first kappa shape index (κ1) is 21.8. The van der Waals surface area contributed by atoms with Crippen LogP contribution in [0, 0.1) is 0 Å². The smallest absolute Gasteiger partial charge is 0.375 e. The lowest BCUT2D eigenvalue weighted by Crippen LogP contribution is -2.49. The van der Waals surface area contributed by atoms with Crippen molar-refractivity contribution in [3.05, 3.63) is 70.8 Å². The van der Waals surface area contributed by atoms with E-state index < -0.39 is 17.3 Å². The van der Waals surface area contributed by atoms with E-state index in [1.54, 1.807) is 4.90 Å². The Bertz CT molecular complexity index is 905. The van der Waals surface area contributed by atoms with Crippen molar-refractivity contribution in [2.75, 3.05) is 32.9 Å². The van der Waals surface area contributed by atoms with Crippen LogP contribution in [-0.4, -0.2) is 43.7 Å². The van der Waals surface area contributed by atoms with Crippen molar-refractivity contribution in [3.63, 3.8) is 0 Å². The predicted molar refractivity (Wildman–Crippen MR) is 110 cm³/mol. The normalized spacial score (nSPS) is 20.9. The van der Waals surface area contributed by atoms with E-state index in [4.69, 9.17) is 9.47 Å². The number of ether oxygens (including phenoxy) is 2. The molecule has 2 aromatic rings. The molecule has 0 radical (unpaired) electrons. The number of likely N-dealkylation sites (tertiary alicyclic amines) is 1. The molecule has 2 aliphatic rings. The number of amides is 1. The summed E-state index contributed by atoms with van der Waals surface area (Å²) in [7, 11) is 0. The van der Waals surface area contributed by atoms with Gasteiger partial charge in [-0.05, 0) is 55.2 Å². The molecule has 2 aliphatic heterocycles. The highest BCUT2D eigenvalue weighted by Gasteiger charge is 2.41. The lowest BCUT2D eigenvalue weighted by atomic mass is 9.89. The summed E-state index contributed by atoms with van der Waals surface area (Å²) < 4.78 is 49.7. The van der Waals surface area contributed by atoms with Crippen molar-refractivity contribution >= 4 is 5.91 Å². The molecule has 4 rings (SSSR count). The maximum atomic E-state index is 13.1. The molecule has 0 N–H and O–H groups in total. The van der Waals surface area contributed by atoms with E-state index >= 15 is 0 Å². The number of alkyl halides is 3. The first-order valence-electron chi connectivity index (χ1n) is 10.6. The molecule has 2 aromatic carbocycles. The van der Waals surface area contributed by atoms with Crippen LogP contribution in [0.15, 0.2) is 48.5 Å². The molecule has 0 aromatic heterocycles. The van der Waals surface area contributed by atoms with Gasteiger partial charge in [0.2, 0.25) is 0 Å². The Morgan fingerprint density at radius 2 is 1.81 bits per heavy atom. The zero-order chi connectivity index (χ0) is 22.1. The van der Waals surface area contributed by atoms with Gasteiger partial charge in [-0.1, -0.05) is 24.3 Å². The summed E-state index contributed by atoms with van der Waals surface area (Å²) in [5.74, 6) is -0.0221. The number of piperidine rings is 1. The molecule has 1 amide bonds. The Morgan fingerprint density at radius 1 is 1.13 bits per heavy atom. The van der Waals surface area contributed by atoms with Gasteiger partial charge in [-0.3, -0.25) is 4.79 Å². The van der Waals surface area contributed by atoms with E-state index in [-0.39, 0.29) is 11.8 Å². The summed E-state index contributed by atoms with van der Waals surface area (Å²) in [6.07, 6.45) is -2.67. The highest BCUT2D eigenvalue weighted by Crippen LogP contribution is 2.35. The Balaban J connectivity index is 1.44. The number of benzene rings is 2. The van der Waals surface area contributed by atoms with Gasteiger partial charge in [-0.2, -0.15) is 13.2 Å². The minimum atomic E-state index is -4.34. The fourth-order valence-electron chi connectivity index (χ4n) is 4.37. The maximum absolute atomic E-state index is 13.1. The molecule has 0 bridgehead atoms. The lowest BCUT2D eigenvalue weighted by molar-refractivity contribution is -0.214. The summed E-state index contributed by atoms with van der Waals surface area (Å²) in [6.45, 7) is 4.70. The van der Waals surface area contributed by atoms with Crippen LogP contribution in [0.3, 0.4) is 0 Å². The fourth-order valence-corrected chi connectivity index (χ4v) is 4.37. The fraction of sp³-hybridized carbons (Fsp3) is 0.458. The van der Waals surface area contributed by atoms with E-state index in [2.05, 4.69) is 0 Å². The summed E-state index contributed by atoms with van der Waals surface area (Å²) in [4.78, 5) is 14.9. The molecule has 2 saturated heterocycles. The highest BCUT2D eigenvalue weighted by molar-refractivity contribution is 5.94. The van der Waals surface area contributed by atoms with Gasteiger partial charge in [-0.15, -0.1) is 0 Å². The molecule has 0 aliphatic carbocycles. The monoisotopic (exact) mass is 433 g/mol. The minimum absolute atomic E-state index is 0.0348. The second-order valence-electron chi connectivity index (χ2n) is 8.21. The second-order valence-corrected chi connectivity index (χ2v) is 8.21. The number of nitrogens with zero attached hydrogens (tertiary/aromatic N) is 1. The topological polar surface area (TPSA) is 38.8 Å². The average Bonchev–Trinajstić information content (AvgIpc) is 2.75. The average molecular weight is 433 g/mol. The van der Waals surface area contributed by atoms with Crippen molar-refractivity contribution in [3.8, 4) is 0 Å². The third-order valence-electron chi connectivity index (χ3n) is 6.17. The largest absolute Gasteiger partial charge is 0.416 e. The van der Waals surface area contributed by atoms with Gasteiger partial charge in [0, 0.05) is 31.2 Å². The molecule has 2 fully saturated rings. The van der Waals surface area contributed by atoms with E-state index in [9.17, 15) is 18.0 Å². The molecule has 0 spiro atoms. The Labute approximate surface area is 180 Å². The Morgan fingerprint density at radius 3 is 2.35 bits per heavy atom. The molecule has 0 unspecified atom stereocenters. The number of hydrogen-bond acceptors (Lipinski definition) is 3. The van der Waals surface area contributed by atoms with Crippen molar-refractivity contribution in [2.45, 2.75) is 37.5 Å². The van der Waals surface area contributed by atoms with Crippen molar-refractivity contribution in [2.24, 2.45) is 0 Å². The molecular formula is C24H26F3NO3. The Hall–Kier alpha value is -2.38. The van der Waals surface area contributed by atoms with Gasteiger partial charge in [0.15, 0.2) is 0 Å². The van der Waals surface area contributed by atoms with Crippen LogP contribution >= 0.6 is 0 Å². The molecule has 7 heteroatoms. The number of carbonyl (C=O) groups excluding carboxylic acids is 1. The molecule has 2 heterocycles. The van der Waals surface area contributed by atoms with Crippen LogP contribution in [0.1, 0.15) is 52.7 Å². The van der Waals surface area contributed by atoms with Crippen molar-refractivity contribution in [1.29, 1.82) is 0 Å². The maximum Gasteiger partial charge on any atom is 0.416 e. The van der Waals surface area contributed by atoms with Crippen molar-refractivity contribution in [1.82, 2.24) is 4.90 Å². The second kappa shape index (κ2) is 8.63. The molecule has 4 nitrogen and oxygen atoms in total. The zero-order valence-electron chi connectivity index (χ0n) is 17.5. The molecular weight excluding hydrogens is 407 g/mol. The van der Waals surface area contributed by atoms with E-state index in [0.717, 1.165) is 36.1 Å². The number of hydrogen-bond donors (Lipinski definition) is 0. The third-order valence-corrected chi connectivity index (χ3v) is 6.17. The van der Waals surface area contributed by atoms with Crippen LogP contribution in [0.2, 0.25) is 0 Å². The van der Waals surface area contributed by atoms with Crippen LogP contribution < -0.4 is 0 Å². The van der Waals surface area contributed by atoms with Gasteiger partial charge in [0.05, 0.1) is 18.8 Å². The van der Waals surface area contributed by atoms with E-state index in [1.165, 1.54) is 12.1 Å². The van der Waals surface area contributed by atoms with Crippen LogP contribution in [-0.2, 0) is 21.3 Å². The predicted octanol–water partition coefficient (Wildman–Crippen LogP) is 4.99. The molecule has 0 saturated carbocycles.